The molecule has 6 heteroatoms. The molecule has 0 aliphatic heterocycles. The normalized spacial score (nSPS) is 12.0. The summed E-state index contributed by atoms with van der Waals surface area (Å²) in [6.07, 6.45) is 0.350. The Morgan fingerprint density at radius 2 is 2.19 bits per heavy atom. The third kappa shape index (κ3) is 2.77. The summed E-state index contributed by atoms with van der Waals surface area (Å²) in [4.78, 5) is 18.0. The molecule has 2 heterocycles. The lowest BCUT2D eigenvalue weighted by Crippen LogP contribution is -2.14. The van der Waals surface area contributed by atoms with Gasteiger partial charge < -0.3 is 9.30 Å². The molecule has 1 amide bonds. The number of nitrogens with zero attached hydrogens (tertiary/aromatic N) is 2. The van der Waals surface area contributed by atoms with E-state index in [1.54, 1.807) is 18.4 Å². The van der Waals surface area contributed by atoms with Gasteiger partial charge in [-0.2, -0.15) is 4.99 Å². The molecule has 0 atom stereocenters. The van der Waals surface area contributed by atoms with E-state index in [0.717, 1.165) is 20.8 Å². The van der Waals surface area contributed by atoms with E-state index in [1.165, 1.54) is 11.3 Å². The SMILES string of the molecule is COc1cccc2sc(=NC(=O)Cc3cccs3)n(C)c12. The van der Waals surface area contributed by atoms with Crippen LogP contribution in [0.15, 0.2) is 40.7 Å². The number of carbonyl (C=O) groups is 1. The van der Waals surface area contributed by atoms with E-state index in [-0.39, 0.29) is 5.91 Å². The van der Waals surface area contributed by atoms with Crippen molar-refractivity contribution in [2.24, 2.45) is 12.0 Å². The average molecular weight is 318 g/mol. The topological polar surface area (TPSA) is 43.6 Å². The fraction of sp³-hybridized carbons (Fsp3) is 0.200. The van der Waals surface area contributed by atoms with Crippen LogP contribution in [0.5, 0.6) is 5.75 Å². The molecule has 0 aliphatic rings. The molecule has 0 bridgehead atoms. The molecule has 2 aromatic heterocycles. The third-order valence-electron chi connectivity index (χ3n) is 3.13. The van der Waals surface area contributed by atoms with Gasteiger partial charge in [-0.15, -0.1) is 11.3 Å². The van der Waals surface area contributed by atoms with Crippen molar-refractivity contribution in [2.75, 3.05) is 7.11 Å². The van der Waals surface area contributed by atoms with E-state index in [9.17, 15) is 4.79 Å². The number of aromatic nitrogens is 1. The summed E-state index contributed by atoms with van der Waals surface area (Å²) in [5.41, 5.74) is 0.965. The Morgan fingerprint density at radius 1 is 1.33 bits per heavy atom. The second-order valence-corrected chi connectivity index (χ2v) is 6.55. The van der Waals surface area contributed by atoms with E-state index in [4.69, 9.17) is 4.74 Å². The third-order valence-corrected chi connectivity index (χ3v) is 5.10. The first-order valence-electron chi connectivity index (χ1n) is 6.41. The van der Waals surface area contributed by atoms with Gasteiger partial charge in [-0.25, -0.2) is 0 Å². The lowest BCUT2D eigenvalue weighted by atomic mass is 10.3. The van der Waals surface area contributed by atoms with Crippen LogP contribution in [0, 0.1) is 0 Å². The van der Waals surface area contributed by atoms with Gasteiger partial charge in [0.1, 0.15) is 11.3 Å². The van der Waals surface area contributed by atoms with Crippen LogP contribution in [0.2, 0.25) is 0 Å². The Morgan fingerprint density at radius 3 is 2.90 bits per heavy atom. The molecule has 0 saturated carbocycles. The van der Waals surface area contributed by atoms with E-state index < -0.39 is 0 Å². The van der Waals surface area contributed by atoms with Crippen LogP contribution in [-0.4, -0.2) is 17.6 Å². The molecule has 3 rings (SSSR count). The number of methoxy groups -OCH3 is 1. The zero-order valence-corrected chi connectivity index (χ0v) is 13.3. The van der Waals surface area contributed by atoms with E-state index in [0.29, 0.717) is 11.2 Å². The van der Waals surface area contributed by atoms with Crippen LogP contribution < -0.4 is 9.54 Å². The van der Waals surface area contributed by atoms with Crippen molar-refractivity contribution in [1.82, 2.24) is 4.57 Å². The molecular formula is C15H14N2O2S2. The van der Waals surface area contributed by atoms with Crippen LogP contribution in [0.25, 0.3) is 10.2 Å². The van der Waals surface area contributed by atoms with E-state index in [1.807, 2.05) is 47.3 Å². The number of carbonyl (C=O) groups excluding carboxylic acids is 1. The first-order valence-corrected chi connectivity index (χ1v) is 8.11. The van der Waals surface area contributed by atoms with Gasteiger partial charge in [0.2, 0.25) is 0 Å². The Labute approximate surface area is 130 Å². The van der Waals surface area contributed by atoms with Gasteiger partial charge in [0.25, 0.3) is 5.91 Å². The number of thiophene rings is 1. The lowest BCUT2D eigenvalue weighted by molar-refractivity contribution is -0.117. The fourth-order valence-corrected chi connectivity index (χ4v) is 3.90. The van der Waals surface area contributed by atoms with Crippen molar-refractivity contribution in [3.8, 4) is 5.75 Å². The number of rotatable bonds is 3. The number of amides is 1. The maximum atomic E-state index is 12.1. The fourth-order valence-electron chi connectivity index (χ4n) is 2.15. The van der Waals surface area contributed by atoms with Crippen molar-refractivity contribution in [1.29, 1.82) is 0 Å². The molecule has 0 aliphatic carbocycles. The molecule has 108 valence electrons. The number of para-hydroxylation sites is 1. The summed E-state index contributed by atoms with van der Waals surface area (Å²) in [5, 5.41) is 1.97. The minimum absolute atomic E-state index is 0.126. The molecule has 0 saturated heterocycles. The van der Waals surface area contributed by atoms with Crippen LogP contribution >= 0.6 is 22.7 Å². The number of thiazole rings is 1. The summed E-state index contributed by atoms with van der Waals surface area (Å²) in [5.74, 6) is 0.664. The molecule has 0 spiro atoms. The van der Waals surface area contributed by atoms with Gasteiger partial charge in [0.15, 0.2) is 4.80 Å². The van der Waals surface area contributed by atoms with Gasteiger partial charge in [0.05, 0.1) is 18.2 Å². The van der Waals surface area contributed by atoms with Crippen molar-refractivity contribution in [2.45, 2.75) is 6.42 Å². The number of aryl methyl sites for hydroxylation is 1. The van der Waals surface area contributed by atoms with Gasteiger partial charge in [-0.3, -0.25) is 4.79 Å². The number of benzene rings is 1. The first kappa shape index (κ1) is 14.0. The highest BCUT2D eigenvalue weighted by atomic mass is 32.1. The van der Waals surface area contributed by atoms with Crippen molar-refractivity contribution in [3.63, 3.8) is 0 Å². The number of ether oxygens (including phenoxy) is 1. The van der Waals surface area contributed by atoms with Gasteiger partial charge in [-0.05, 0) is 23.6 Å². The quantitative estimate of drug-likeness (QED) is 0.745. The maximum Gasteiger partial charge on any atom is 0.253 e. The number of fused-ring (bicyclic) bond motifs is 1. The molecule has 0 N–H and O–H groups in total. The van der Waals surface area contributed by atoms with Gasteiger partial charge in [0, 0.05) is 11.9 Å². The molecule has 0 fully saturated rings. The molecule has 3 aromatic rings. The summed E-state index contributed by atoms with van der Waals surface area (Å²) in [6.45, 7) is 0. The summed E-state index contributed by atoms with van der Waals surface area (Å²) in [6, 6.07) is 9.75. The molecule has 1 aromatic carbocycles. The highest BCUT2D eigenvalue weighted by molar-refractivity contribution is 7.16. The summed E-state index contributed by atoms with van der Waals surface area (Å²) in [7, 11) is 3.55. The first-order chi connectivity index (χ1) is 10.2. The summed E-state index contributed by atoms with van der Waals surface area (Å²) >= 11 is 3.07. The lowest BCUT2D eigenvalue weighted by Gasteiger charge is -2.02. The van der Waals surface area contributed by atoms with Crippen LogP contribution in [0.3, 0.4) is 0 Å². The van der Waals surface area contributed by atoms with Crippen molar-refractivity contribution >= 4 is 38.8 Å². The van der Waals surface area contributed by atoms with E-state index >= 15 is 0 Å². The molecule has 21 heavy (non-hydrogen) atoms. The highest BCUT2D eigenvalue weighted by Gasteiger charge is 2.09. The van der Waals surface area contributed by atoms with E-state index in [2.05, 4.69) is 4.99 Å². The number of hydrogen-bond acceptors (Lipinski definition) is 4. The zero-order valence-electron chi connectivity index (χ0n) is 11.7. The maximum absolute atomic E-state index is 12.1. The van der Waals surface area contributed by atoms with Crippen LogP contribution in [0.4, 0.5) is 0 Å². The van der Waals surface area contributed by atoms with Gasteiger partial charge in [-0.1, -0.05) is 23.5 Å². The Bertz CT molecular complexity index is 844. The second-order valence-electron chi connectivity index (χ2n) is 4.51. The Hall–Kier alpha value is -1.92. The summed E-state index contributed by atoms with van der Waals surface area (Å²) < 4.78 is 8.34. The van der Waals surface area contributed by atoms with Gasteiger partial charge >= 0.3 is 0 Å². The standard InChI is InChI=1S/C15H14N2O2S2/c1-17-14-11(19-2)6-3-7-12(14)21-15(17)16-13(18)9-10-5-4-8-20-10/h3-8H,9H2,1-2H3. The average Bonchev–Trinajstić information content (AvgIpc) is 3.08. The minimum Gasteiger partial charge on any atom is -0.495 e. The van der Waals surface area contributed by atoms with Crippen LogP contribution in [0.1, 0.15) is 4.88 Å². The van der Waals surface area contributed by atoms with Crippen molar-refractivity contribution in [3.05, 3.63) is 45.4 Å². The molecule has 0 unspecified atom stereocenters. The Balaban J connectivity index is 2.02. The molecular weight excluding hydrogens is 304 g/mol. The minimum atomic E-state index is -0.126. The Kier molecular flexibility index (Phi) is 3.90. The predicted molar refractivity (Wildman–Crippen MR) is 85.9 cm³/mol. The van der Waals surface area contributed by atoms with Crippen molar-refractivity contribution < 1.29 is 9.53 Å². The zero-order chi connectivity index (χ0) is 14.8. The predicted octanol–water partition coefficient (Wildman–Crippen LogP) is 2.98. The second kappa shape index (κ2) is 5.83. The molecule has 4 nitrogen and oxygen atoms in total. The van der Waals surface area contributed by atoms with Crippen LogP contribution in [-0.2, 0) is 18.3 Å². The monoisotopic (exact) mass is 318 g/mol. The number of hydrogen-bond donors (Lipinski definition) is 0. The molecule has 0 radical (unpaired) electrons. The smallest absolute Gasteiger partial charge is 0.253 e. The largest absolute Gasteiger partial charge is 0.495 e. The highest BCUT2D eigenvalue weighted by Crippen LogP contribution is 2.26.